The van der Waals surface area contributed by atoms with Gasteiger partial charge in [-0.3, -0.25) is 0 Å². The third kappa shape index (κ3) is 4.31. The second-order valence-corrected chi connectivity index (χ2v) is 8.90. The highest BCUT2D eigenvalue weighted by Crippen LogP contribution is 2.41. The molecule has 2 fully saturated rings. The molecule has 2 aliphatic heterocycles. The molecule has 8 nitrogen and oxygen atoms in total. The highest BCUT2D eigenvalue weighted by atomic mass is 32.2. The summed E-state index contributed by atoms with van der Waals surface area (Å²) in [5, 5.41) is 6.58. The lowest BCUT2D eigenvalue weighted by Crippen LogP contribution is -2.47. The number of alkyl halides is 2. The number of aromatic nitrogens is 3. The van der Waals surface area contributed by atoms with Crippen molar-refractivity contribution < 1.29 is 18.1 Å². The summed E-state index contributed by atoms with van der Waals surface area (Å²) in [5.74, 6) is -0.353. The number of rotatable bonds is 5. The van der Waals surface area contributed by atoms with Crippen LogP contribution in [0.2, 0.25) is 0 Å². The van der Waals surface area contributed by atoms with Crippen LogP contribution in [0.1, 0.15) is 19.3 Å². The number of likely N-dealkylation sites (tertiary alicyclic amines) is 1. The number of hydrogen-bond acceptors (Lipinski definition) is 6. The highest BCUT2D eigenvalue weighted by molar-refractivity contribution is 7.92. The lowest BCUT2D eigenvalue weighted by Gasteiger charge is -2.35. The number of nitrogens with zero attached hydrogens (tertiary/aromatic N) is 5. The van der Waals surface area contributed by atoms with Crippen LogP contribution in [0.25, 0.3) is 0 Å². The quantitative estimate of drug-likeness (QED) is 0.724. The number of amides is 2. The van der Waals surface area contributed by atoms with E-state index in [1.165, 1.54) is 29.6 Å². The lowest BCUT2D eigenvalue weighted by atomic mass is 9.97. The monoisotopic (exact) mass is 436 g/mol. The number of halogens is 2. The average molecular weight is 436 g/mol. The zero-order valence-electron chi connectivity index (χ0n) is 16.2. The van der Waals surface area contributed by atoms with Gasteiger partial charge >= 0.3 is 11.3 Å². The molecule has 2 aromatic rings. The molecule has 0 saturated carbocycles. The van der Waals surface area contributed by atoms with Gasteiger partial charge in [0.25, 0.3) is 0 Å². The minimum atomic E-state index is -3.39. The van der Waals surface area contributed by atoms with Crippen LogP contribution in [0.15, 0.2) is 41.7 Å². The third-order valence-corrected chi connectivity index (χ3v) is 6.95. The van der Waals surface area contributed by atoms with Crippen molar-refractivity contribution in [1.29, 1.82) is 0 Å². The van der Waals surface area contributed by atoms with Gasteiger partial charge in [-0.25, -0.2) is 9.78 Å². The maximum Gasteiger partial charge on any atom is 0.414 e. The van der Waals surface area contributed by atoms with Gasteiger partial charge in [-0.1, -0.05) is 0 Å². The van der Waals surface area contributed by atoms with Crippen LogP contribution >= 0.6 is 0 Å². The Bertz CT molecular complexity index is 861. The maximum absolute atomic E-state index is 14.9. The zero-order chi connectivity index (χ0) is 21.1. The summed E-state index contributed by atoms with van der Waals surface area (Å²) in [6, 6.07) is 4.33. The molecule has 2 saturated heterocycles. The number of urea groups is 1. The van der Waals surface area contributed by atoms with Gasteiger partial charge in [0.15, 0.2) is 4.90 Å². The molecule has 2 amide bonds. The van der Waals surface area contributed by atoms with Gasteiger partial charge in [-0.15, -0.1) is 0 Å². The fraction of sp³-hybridized carbons (Fsp3) is 0.474. The van der Waals surface area contributed by atoms with Crippen LogP contribution in [0, 0.1) is 5.92 Å². The minimum Gasteiger partial charge on any atom is -0.607 e. The van der Waals surface area contributed by atoms with E-state index in [0.717, 1.165) is 19.5 Å². The number of pyridine rings is 1. The highest BCUT2D eigenvalue weighted by Gasteiger charge is 2.53. The Balaban J connectivity index is 1.34. The van der Waals surface area contributed by atoms with Gasteiger partial charge in [-0.2, -0.15) is 19.0 Å². The molecule has 0 bridgehead atoms. The molecule has 2 aromatic heterocycles. The number of carbonyl (C=O) groups is 1. The summed E-state index contributed by atoms with van der Waals surface area (Å²) < 4.78 is 42.4. The molecule has 30 heavy (non-hydrogen) atoms. The first-order valence-corrected chi connectivity index (χ1v) is 10.9. The normalized spacial score (nSPS) is 18.6. The number of nitrogens with one attached hydrogen (secondary N) is 1. The topological polar surface area (TPSA) is 97.3 Å². The van der Waals surface area contributed by atoms with Crippen LogP contribution in [0.3, 0.4) is 0 Å². The van der Waals surface area contributed by atoms with E-state index in [9.17, 15) is 18.1 Å². The Morgan fingerprint density at radius 2 is 1.90 bits per heavy atom. The van der Waals surface area contributed by atoms with Crippen LogP contribution in [-0.4, -0.2) is 62.1 Å². The molecule has 11 heteroatoms. The molecule has 2 aliphatic rings. The average Bonchev–Trinajstić information content (AvgIpc) is 2.73. The Kier molecular flexibility index (Phi) is 6.00. The Labute approximate surface area is 175 Å². The van der Waals surface area contributed by atoms with Crippen molar-refractivity contribution in [1.82, 2.24) is 20.1 Å². The van der Waals surface area contributed by atoms with E-state index < -0.39 is 22.3 Å². The van der Waals surface area contributed by atoms with Crippen molar-refractivity contribution in [2.75, 3.05) is 36.4 Å². The predicted octanol–water partition coefficient (Wildman–Crippen LogP) is 2.73. The number of carbonyl (C=O) groups excluding carboxylic acids is 1. The van der Waals surface area contributed by atoms with Crippen LogP contribution < -0.4 is 10.2 Å². The van der Waals surface area contributed by atoms with E-state index in [0.29, 0.717) is 11.5 Å². The largest absolute Gasteiger partial charge is 0.607 e. The van der Waals surface area contributed by atoms with Crippen LogP contribution in [-0.2, 0) is 11.2 Å². The van der Waals surface area contributed by atoms with E-state index >= 15 is 0 Å². The third-order valence-electron chi connectivity index (χ3n) is 5.46. The van der Waals surface area contributed by atoms with E-state index in [2.05, 4.69) is 20.5 Å². The molecule has 0 aromatic carbocycles. The number of anilines is 2. The van der Waals surface area contributed by atoms with Crippen molar-refractivity contribution in [3.63, 3.8) is 0 Å². The SMILES string of the molecule is O=C(Nc1ccnnc1)N1CCC(C(F)(F)[S+]([O-])c2ccc(N3CCC3)nc2)CC1. The Morgan fingerprint density at radius 1 is 1.13 bits per heavy atom. The molecule has 4 heterocycles. The van der Waals surface area contributed by atoms with Crippen molar-refractivity contribution >= 4 is 28.7 Å². The second-order valence-electron chi connectivity index (χ2n) is 7.35. The molecule has 0 radical (unpaired) electrons. The van der Waals surface area contributed by atoms with Crippen molar-refractivity contribution in [2.24, 2.45) is 5.92 Å². The predicted molar refractivity (Wildman–Crippen MR) is 108 cm³/mol. The van der Waals surface area contributed by atoms with E-state index in [1.54, 1.807) is 12.1 Å². The standard InChI is InChI=1S/C19H22F2N6O2S/c20-19(21,30(29)16-2-3-17(22-13-16)26-8-1-9-26)14-5-10-27(11-6-14)18(28)25-15-4-7-23-24-12-15/h2-4,7,12-14H,1,5-6,8-11H2,(H,23,25,28). The zero-order valence-corrected chi connectivity index (χ0v) is 17.0. The summed E-state index contributed by atoms with van der Waals surface area (Å²) in [6.07, 6.45) is 5.36. The minimum absolute atomic E-state index is 0.0228. The van der Waals surface area contributed by atoms with Gasteiger partial charge in [0.05, 0.1) is 41.4 Å². The summed E-state index contributed by atoms with van der Waals surface area (Å²) in [6.45, 7) is 2.12. The van der Waals surface area contributed by atoms with E-state index in [-0.39, 0.29) is 36.9 Å². The van der Waals surface area contributed by atoms with Crippen LogP contribution in [0.5, 0.6) is 0 Å². The molecular formula is C19H22F2N6O2S. The first kappa shape index (κ1) is 20.7. The van der Waals surface area contributed by atoms with Crippen molar-refractivity contribution in [2.45, 2.75) is 29.4 Å². The Hall–Kier alpha value is -2.53. The van der Waals surface area contributed by atoms with E-state index in [4.69, 9.17) is 0 Å². The van der Waals surface area contributed by atoms with Gasteiger partial charge in [0.2, 0.25) is 0 Å². The molecule has 1 N–H and O–H groups in total. The maximum atomic E-state index is 14.9. The summed E-state index contributed by atoms with van der Waals surface area (Å²) in [4.78, 5) is 20.0. The first-order valence-electron chi connectivity index (χ1n) is 9.78. The fourth-order valence-corrected chi connectivity index (χ4v) is 4.70. The van der Waals surface area contributed by atoms with Gasteiger partial charge < -0.3 is 19.7 Å². The van der Waals surface area contributed by atoms with E-state index in [1.807, 2.05) is 4.90 Å². The smallest absolute Gasteiger partial charge is 0.414 e. The second kappa shape index (κ2) is 8.68. The molecule has 4 rings (SSSR count). The van der Waals surface area contributed by atoms with Crippen molar-refractivity contribution in [3.05, 3.63) is 36.8 Å². The molecule has 0 spiro atoms. The molecule has 0 aliphatic carbocycles. The number of hydrogen-bond donors (Lipinski definition) is 1. The first-order chi connectivity index (χ1) is 14.4. The van der Waals surface area contributed by atoms with Gasteiger partial charge in [0.1, 0.15) is 5.82 Å². The molecule has 1 unspecified atom stereocenters. The summed E-state index contributed by atoms with van der Waals surface area (Å²) >= 11 is -2.50. The summed E-state index contributed by atoms with van der Waals surface area (Å²) in [5.41, 5.74) is 0.484. The lowest BCUT2D eigenvalue weighted by molar-refractivity contribution is 0.000432. The fourth-order valence-electron chi connectivity index (χ4n) is 3.51. The van der Waals surface area contributed by atoms with Crippen molar-refractivity contribution in [3.8, 4) is 0 Å². The molecule has 1 atom stereocenters. The number of piperidine rings is 1. The van der Waals surface area contributed by atoms with Crippen LogP contribution in [0.4, 0.5) is 25.1 Å². The molecule has 160 valence electrons. The summed E-state index contributed by atoms with van der Waals surface area (Å²) in [7, 11) is 0. The Morgan fingerprint density at radius 3 is 2.47 bits per heavy atom. The molecular weight excluding hydrogens is 414 g/mol. The van der Waals surface area contributed by atoms with Gasteiger partial charge in [-0.05, 0) is 37.5 Å². The van der Waals surface area contributed by atoms with Gasteiger partial charge in [0, 0.05) is 26.2 Å².